The van der Waals surface area contributed by atoms with Gasteiger partial charge in [0.15, 0.2) is 17.0 Å². The number of hydrogen-bond acceptors (Lipinski definition) is 7. The highest BCUT2D eigenvalue weighted by atomic mass is 19.1. The number of nitrogens with one attached hydrogen (secondary N) is 1. The van der Waals surface area contributed by atoms with E-state index in [0.29, 0.717) is 48.1 Å². The zero-order chi connectivity index (χ0) is 21.3. The summed E-state index contributed by atoms with van der Waals surface area (Å²) in [6.45, 7) is 4.20. The highest BCUT2D eigenvalue weighted by Crippen LogP contribution is 2.29. The topological polar surface area (TPSA) is 122 Å². The number of likely N-dealkylation sites (tertiary alicyclic amines) is 1. The Morgan fingerprint density at radius 3 is 2.73 bits per heavy atom. The molecule has 1 saturated heterocycles. The van der Waals surface area contributed by atoms with E-state index in [1.807, 2.05) is 18.4 Å². The lowest BCUT2D eigenvalue weighted by atomic mass is 10.1. The minimum atomic E-state index is -1.04. The lowest BCUT2D eigenvalue weighted by Gasteiger charge is -2.26. The summed E-state index contributed by atoms with van der Waals surface area (Å²) >= 11 is 0. The molecule has 0 aromatic carbocycles. The molecule has 0 radical (unpaired) electrons. The molecule has 2 atom stereocenters. The molecule has 1 fully saturated rings. The lowest BCUT2D eigenvalue weighted by molar-refractivity contribution is 0.135. The number of carbonyl (C=O) groups is 1. The molecular formula is C19H23FN8O2. The predicted molar refractivity (Wildman–Crippen MR) is 108 cm³/mol. The van der Waals surface area contributed by atoms with Crippen molar-refractivity contribution in [2.75, 3.05) is 18.5 Å². The second-order valence-corrected chi connectivity index (χ2v) is 7.15. The smallest absolute Gasteiger partial charge is 0.407 e. The summed E-state index contributed by atoms with van der Waals surface area (Å²) in [5, 5.41) is 12.7. The number of carboxylic acid groups (broad SMARTS) is 1. The number of amides is 1. The first kappa shape index (κ1) is 19.9. The average Bonchev–Trinajstić information content (AvgIpc) is 3.31. The van der Waals surface area contributed by atoms with Gasteiger partial charge < -0.3 is 19.9 Å². The monoisotopic (exact) mass is 414 g/mol. The van der Waals surface area contributed by atoms with Gasteiger partial charge in [-0.2, -0.15) is 0 Å². The largest absolute Gasteiger partial charge is 0.465 e. The zero-order valence-electron chi connectivity index (χ0n) is 16.8. The Morgan fingerprint density at radius 1 is 1.30 bits per heavy atom. The number of fused-ring (bicyclic) bond motifs is 1. The van der Waals surface area contributed by atoms with E-state index in [1.165, 1.54) is 11.2 Å². The number of halogens is 1. The van der Waals surface area contributed by atoms with Crippen molar-refractivity contribution in [2.24, 2.45) is 0 Å². The van der Waals surface area contributed by atoms with Gasteiger partial charge in [-0.15, -0.1) is 0 Å². The van der Waals surface area contributed by atoms with Gasteiger partial charge in [0.1, 0.15) is 18.0 Å². The predicted octanol–water partition coefficient (Wildman–Crippen LogP) is 2.50. The van der Waals surface area contributed by atoms with Crippen molar-refractivity contribution in [3.05, 3.63) is 24.5 Å². The lowest BCUT2D eigenvalue weighted by Crippen LogP contribution is -2.41. The van der Waals surface area contributed by atoms with Crippen molar-refractivity contribution < 1.29 is 14.3 Å². The summed E-state index contributed by atoms with van der Waals surface area (Å²) in [4.78, 5) is 34.8. The first-order chi connectivity index (χ1) is 14.5. The first-order valence-corrected chi connectivity index (χ1v) is 9.85. The van der Waals surface area contributed by atoms with E-state index in [1.54, 1.807) is 12.4 Å². The maximum absolute atomic E-state index is 13.1. The Hall–Kier alpha value is -3.37. The number of imidazole rings is 1. The van der Waals surface area contributed by atoms with Crippen LogP contribution in [0.15, 0.2) is 18.7 Å². The second kappa shape index (κ2) is 8.17. The third-order valence-corrected chi connectivity index (χ3v) is 5.41. The van der Waals surface area contributed by atoms with Crippen LogP contribution in [0.1, 0.15) is 25.6 Å². The van der Waals surface area contributed by atoms with Crippen molar-refractivity contribution in [3.8, 4) is 11.4 Å². The fourth-order valence-electron chi connectivity index (χ4n) is 3.97. The Bertz CT molecular complexity index is 1050. The molecule has 3 aromatic rings. The van der Waals surface area contributed by atoms with Crippen LogP contribution in [0.4, 0.5) is 15.0 Å². The number of alkyl halides is 1. The maximum Gasteiger partial charge on any atom is 0.407 e. The number of anilines is 1. The quantitative estimate of drug-likeness (QED) is 0.631. The summed E-state index contributed by atoms with van der Waals surface area (Å²) in [5.74, 6) is 1.85. The molecule has 0 bridgehead atoms. The Balaban J connectivity index is 1.72. The van der Waals surface area contributed by atoms with Crippen LogP contribution in [0.2, 0.25) is 0 Å². The fraction of sp³-hybridized carbons (Fsp3) is 0.474. The molecule has 2 unspecified atom stereocenters. The van der Waals surface area contributed by atoms with Gasteiger partial charge in [-0.1, -0.05) is 0 Å². The highest BCUT2D eigenvalue weighted by Gasteiger charge is 2.37. The Kier molecular flexibility index (Phi) is 5.42. The van der Waals surface area contributed by atoms with Crippen LogP contribution in [0.25, 0.3) is 22.6 Å². The fourth-order valence-corrected chi connectivity index (χ4v) is 3.97. The van der Waals surface area contributed by atoms with Crippen molar-refractivity contribution >= 4 is 23.1 Å². The molecule has 4 rings (SSSR count). The summed E-state index contributed by atoms with van der Waals surface area (Å²) in [7, 11) is 0. The van der Waals surface area contributed by atoms with E-state index in [-0.39, 0.29) is 12.5 Å². The molecule has 3 aromatic heterocycles. The van der Waals surface area contributed by atoms with Crippen LogP contribution in [0.5, 0.6) is 0 Å². The van der Waals surface area contributed by atoms with Crippen molar-refractivity contribution in [1.82, 2.24) is 34.4 Å². The number of hydrogen-bond donors (Lipinski definition) is 2. The number of rotatable bonds is 6. The molecule has 1 aliphatic rings. The summed E-state index contributed by atoms with van der Waals surface area (Å²) in [5.41, 5.74) is 1.99. The van der Waals surface area contributed by atoms with Gasteiger partial charge in [-0.25, -0.2) is 29.7 Å². The van der Waals surface area contributed by atoms with Crippen LogP contribution < -0.4 is 5.32 Å². The minimum Gasteiger partial charge on any atom is -0.465 e. The second-order valence-electron chi connectivity index (χ2n) is 7.15. The Labute approximate surface area is 172 Å². The van der Waals surface area contributed by atoms with E-state index in [2.05, 4.69) is 25.3 Å². The summed E-state index contributed by atoms with van der Waals surface area (Å²) < 4.78 is 15.0. The van der Waals surface area contributed by atoms with Crippen LogP contribution in [-0.2, 0) is 6.54 Å². The number of aryl methyl sites for hydroxylation is 2. The van der Waals surface area contributed by atoms with Crippen LogP contribution in [0, 0.1) is 6.92 Å². The molecule has 0 aliphatic carbocycles. The van der Waals surface area contributed by atoms with Crippen molar-refractivity contribution in [1.29, 1.82) is 0 Å². The first-order valence-electron chi connectivity index (χ1n) is 9.85. The SMILES string of the molecule is CCn1c(-c2cnc(C)nc2)nc2c(NC3CCN(C(=O)O)C3CCF)ncnc21. The maximum atomic E-state index is 13.1. The highest BCUT2D eigenvalue weighted by molar-refractivity contribution is 5.86. The standard InChI is InChI=1S/C19H23FN8O2/c1-3-27-17(12-8-21-11(2)22-9-12)26-15-16(23-10-24-18(15)27)25-13-5-7-28(19(29)30)14(13)4-6-20/h8-10,13-14H,3-7H2,1-2H3,(H,29,30)(H,23,24,25). The average molecular weight is 414 g/mol. The van der Waals surface area contributed by atoms with Crippen molar-refractivity contribution in [2.45, 2.75) is 45.3 Å². The third kappa shape index (κ3) is 3.51. The summed E-state index contributed by atoms with van der Waals surface area (Å²) in [6, 6.07) is -0.719. The van der Waals surface area contributed by atoms with Gasteiger partial charge in [0.2, 0.25) is 0 Å². The van der Waals surface area contributed by atoms with Gasteiger partial charge in [-0.05, 0) is 26.7 Å². The molecule has 2 N–H and O–H groups in total. The van der Waals surface area contributed by atoms with Crippen molar-refractivity contribution in [3.63, 3.8) is 0 Å². The number of aromatic nitrogens is 6. The van der Waals surface area contributed by atoms with E-state index < -0.39 is 18.8 Å². The van der Waals surface area contributed by atoms with Crippen LogP contribution in [-0.4, -0.2) is 70.9 Å². The van der Waals surface area contributed by atoms with Gasteiger partial charge >= 0.3 is 6.09 Å². The van der Waals surface area contributed by atoms with Crippen LogP contribution in [0.3, 0.4) is 0 Å². The molecular weight excluding hydrogens is 391 g/mol. The normalized spacial score (nSPS) is 18.8. The van der Waals surface area contributed by atoms with Crippen LogP contribution >= 0.6 is 0 Å². The Morgan fingerprint density at radius 2 is 2.07 bits per heavy atom. The van der Waals surface area contributed by atoms with Gasteiger partial charge in [0, 0.05) is 31.5 Å². The van der Waals surface area contributed by atoms with E-state index in [0.717, 1.165) is 5.56 Å². The molecule has 1 amide bonds. The number of nitrogens with zero attached hydrogens (tertiary/aromatic N) is 7. The van der Waals surface area contributed by atoms with Gasteiger partial charge in [0.05, 0.1) is 18.3 Å². The molecule has 0 saturated carbocycles. The molecule has 30 heavy (non-hydrogen) atoms. The molecule has 0 spiro atoms. The minimum absolute atomic E-state index is 0.132. The van der Waals surface area contributed by atoms with E-state index >= 15 is 0 Å². The summed E-state index contributed by atoms with van der Waals surface area (Å²) in [6.07, 6.45) is 4.54. The molecule has 10 nitrogen and oxygen atoms in total. The molecule has 158 valence electrons. The molecule has 4 heterocycles. The van der Waals surface area contributed by atoms with E-state index in [9.17, 15) is 14.3 Å². The molecule has 11 heteroatoms. The van der Waals surface area contributed by atoms with Gasteiger partial charge in [-0.3, -0.25) is 4.39 Å². The third-order valence-electron chi connectivity index (χ3n) is 5.41. The van der Waals surface area contributed by atoms with Gasteiger partial charge in [0.25, 0.3) is 0 Å². The van der Waals surface area contributed by atoms with E-state index in [4.69, 9.17) is 4.98 Å². The molecule has 1 aliphatic heterocycles. The zero-order valence-corrected chi connectivity index (χ0v) is 16.8.